The monoisotopic (exact) mass is 416 g/mol. The van der Waals surface area contributed by atoms with Gasteiger partial charge in [0.2, 0.25) is 0 Å². The summed E-state index contributed by atoms with van der Waals surface area (Å²) < 4.78 is 7.79. The number of para-hydroxylation sites is 2. The van der Waals surface area contributed by atoms with E-state index in [0.717, 1.165) is 55.8 Å². The Labute approximate surface area is 185 Å². The second-order valence-electron chi connectivity index (χ2n) is 7.71. The predicted octanol–water partition coefficient (Wildman–Crippen LogP) is 6.24. The Balaban J connectivity index is 1.44. The van der Waals surface area contributed by atoms with Crippen molar-refractivity contribution < 1.29 is 4.74 Å². The molecule has 0 aliphatic rings. The molecule has 4 aromatic carbocycles. The van der Waals surface area contributed by atoms with Gasteiger partial charge in [-0.15, -0.1) is 0 Å². The first-order chi connectivity index (χ1) is 15.8. The van der Waals surface area contributed by atoms with Crippen molar-refractivity contribution in [3.63, 3.8) is 0 Å². The Morgan fingerprint density at radius 2 is 1.72 bits per heavy atom. The van der Waals surface area contributed by atoms with Gasteiger partial charge in [0.25, 0.3) is 0 Å². The van der Waals surface area contributed by atoms with Gasteiger partial charge in [-0.3, -0.25) is 4.57 Å². The summed E-state index contributed by atoms with van der Waals surface area (Å²) >= 11 is 0. The summed E-state index contributed by atoms with van der Waals surface area (Å²) in [7, 11) is 1.69. The van der Waals surface area contributed by atoms with Gasteiger partial charge in [0.15, 0.2) is 0 Å². The number of hydrogen-bond donors (Lipinski definition) is 1. The Morgan fingerprint density at radius 1 is 0.812 bits per heavy atom. The van der Waals surface area contributed by atoms with E-state index >= 15 is 0 Å². The van der Waals surface area contributed by atoms with E-state index in [1.807, 2.05) is 30.7 Å². The third-order valence-corrected chi connectivity index (χ3v) is 5.82. The maximum absolute atomic E-state index is 5.66. The molecule has 1 N–H and O–H groups in total. The zero-order valence-corrected chi connectivity index (χ0v) is 17.5. The molecule has 0 aliphatic heterocycles. The number of rotatable bonds is 4. The fraction of sp³-hybridized carbons (Fsp3) is 0.0370. The topological polar surface area (TPSA) is 55.7 Å². The Hall–Kier alpha value is -4.38. The van der Waals surface area contributed by atoms with E-state index in [4.69, 9.17) is 4.74 Å². The van der Waals surface area contributed by atoms with Crippen LogP contribution in [-0.2, 0) is 0 Å². The van der Waals surface area contributed by atoms with Crippen molar-refractivity contribution in [1.82, 2.24) is 19.5 Å². The molecule has 0 fully saturated rings. The first kappa shape index (κ1) is 18.4. The van der Waals surface area contributed by atoms with Gasteiger partial charge in [0.05, 0.1) is 23.7 Å². The van der Waals surface area contributed by atoms with Crippen LogP contribution in [0.25, 0.3) is 50.0 Å². The number of hydrogen-bond acceptors (Lipinski definition) is 3. The van der Waals surface area contributed by atoms with E-state index in [-0.39, 0.29) is 0 Å². The summed E-state index contributed by atoms with van der Waals surface area (Å²) in [5.74, 6) is 1.59. The second kappa shape index (κ2) is 7.39. The van der Waals surface area contributed by atoms with Gasteiger partial charge in [-0.05, 0) is 64.4 Å². The minimum Gasteiger partial charge on any atom is -0.496 e. The van der Waals surface area contributed by atoms with Crippen molar-refractivity contribution in [1.29, 1.82) is 0 Å². The van der Waals surface area contributed by atoms with Crippen LogP contribution in [0.15, 0.2) is 97.6 Å². The van der Waals surface area contributed by atoms with E-state index in [0.29, 0.717) is 0 Å². The van der Waals surface area contributed by atoms with Crippen LogP contribution < -0.4 is 4.74 Å². The van der Waals surface area contributed by atoms with E-state index < -0.39 is 0 Å². The second-order valence-corrected chi connectivity index (χ2v) is 7.71. The zero-order valence-electron chi connectivity index (χ0n) is 17.5. The number of aromatic amines is 1. The molecule has 0 aliphatic carbocycles. The number of benzene rings is 4. The van der Waals surface area contributed by atoms with Crippen LogP contribution in [-0.4, -0.2) is 26.6 Å². The number of ether oxygens (including phenoxy) is 1. The summed E-state index contributed by atoms with van der Waals surface area (Å²) in [4.78, 5) is 12.1. The van der Waals surface area contributed by atoms with Crippen LogP contribution in [0.3, 0.4) is 0 Å². The number of methoxy groups -OCH3 is 1. The minimum atomic E-state index is 0.795. The lowest BCUT2D eigenvalue weighted by molar-refractivity contribution is 0.417. The lowest BCUT2D eigenvalue weighted by Gasteiger charge is -2.11. The van der Waals surface area contributed by atoms with Gasteiger partial charge >= 0.3 is 0 Å². The SMILES string of the molecule is COc1cc2cc(-c3cccc(-n4cnc5ccccc54)c3)ccc2cc1-c1ncc[nH]1. The molecule has 0 saturated carbocycles. The third-order valence-electron chi connectivity index (χ3n) is 5.82. The number of fused-ring (bicyclic) bond motifs is 2. The van der Waals surface area contributed by atoms with E-state index in [1.165, 1.54) is 0 Å². The van der Waals surface area contributed by atoms with Gasteiger partial charge in [0.1, 0.15) is 17.9 Å². The molecule has 0 saturated heterocycles. The predicted molar refractivity (Wildman–Crippen MR) is 128 cm³/mol. The van der Waals surface area contributed by atoms with Crippen molar-refractivity contribution >= 4 is 21.8 Å². The summed E-state index contributed by atoms with van der Waals surface area (Å²) in [6.45, 7) is 0. The number of H-pyrrole nitrogens is 1. The summed E-state index contributed by atoms with van der Waals surface area (Å²) in [6, 6.07) is 27.4. The van der Waals surface area contributed by atoms with Gasteiger partial charge in [-0.1, -0.05) is 36.4 Å². The van der Waals surface area contributed by atoms with E-state index in [2.05, 4.69) is 80.2 Å². The standard InChI is InChI=1S/C27H20N4O/c1-32-26-16-21-13-19(9-10-20(21)15-23(26)27-28-11-12-29-27)18-5-4-6-22(14-18)31-17-30-24-7-2-3-8-25(24)31/h2-17H,1H3,(H,28,29). The average Bonchev–Trinajstić information content (AvgIpc) is 3.53. The highest BCUT2D eigenvalue weighted by molar-refractivity contribution is 5.93. The molecule has 32 heavy (non-hydrogen) atoms. The quantitative estimate of drug-likeness (QED) is 0.370. The highest BCUT2D eigenvalue weighted by Gasteiger charge is 2.11. The maximum atomic E-state index is 5.66. The molecule has 0 bridgehead atoms. The first-order valence-electron chi connectivity index (χ1n) is 10.4. The molecule has 6 aromatic rings. The van der Waals surface area contributed by atoms with Gasteiger partial charge < -0.3 is 9.72 Å². The van der Waals surface area contributed by atoms with Crippen LogP contribution in [0.2, 0.25) is 0 Å². The normalized spacial score (nSPS) is 11.3. The molecule has 0 unspecified atom stereocenters. The third kappa shape index (κ3) is 3.03. The van der Waals surface area contributed by atoms with Crippen LogP contribution >= 0.6 is 0 Å². The van der Waals surface area contributed by atoms with E-state index in [1.54, 1.807) is 13.3 Å². The van der Waals surface area contributed by atoms with Crippen molar-refractivity contribution in [2.75, 3.05) is 7.11 Å². The lowest BCUT2D eigenvalue weighted by Crippen LogP contribution is -1.92. The molecule has 6 rings (SSSR count). The number of nitrogens with one attached hydrogen (secondary N) is 1. The molecule has 5 heteroatoms. The van der Waals surface area contributed by atoms with Crippen LogP contribution in [0, 0.1) is 0 Å². The van der Waals surface area contributed by atoms with Gasteiger partial charge in [-0.25, -0.2) is 9.97 Å². The van der Waals surface area contributed by atoms with Gasteiger partial charge in [0, 0.05) is 18.1 Å². The van der Waals surface area contributed by atoms with Crippen molar-refractivity contribution in [2.24, 2.45) is 0 Å². The van der Waals surface area contributed by atoms with Crippen molar-refractivity contribution in [2.45, 2.75) is 0 Å². The fourth-order valence-corrected chi connectivity index (χ4v) is 4.22. The van der Waals surface area contributed by atoms with Crippen molar-refractivity contribution in [3.8, 4) is 34.0 Å². The number of nitrogens with zero attached hydrogens (tertiary/aromatic N) is 3. The van der Waals surface area contributed by atoms with Crippen LogP contribution in [0.1, 0.15) is 0 Å². The largest absolute Gasteiger partial charge is 0.496 e. The fourth-order valence-electron chi connectivity index (χ4n) is 4.22. The minimum absolute atomic E-state index is 0.795. The number of aromatic nitrogens is 4. The maximum Gasteiger partial charge on any atom is 0.141 e. The molecule has 0 atom stereocenters. The average molecular weight is 416 g/mol. The Kier molecular flexibility index (Phi) is 4.25. The molecule has 0 amide bonds. The molecule has 2 aromatic heterocycles. The highest BCUT2D eigenvalue weighted by atomic mass is 16.5. The smallest absolute Gasteiger partial charge is 0.141 e. The lowest BCUT2D eigenvalue weighted by atomic mass is 9.99. The Morgan fingerprint density at radius 3 is 2.59 bits per heavy atom. The molecular weight excluding hydrogens is 396 g/mol. The molecule has 2 heterocycles. The Bertz CT molecular complexity index is 1560. The summed E-state index contributed by atoms with van der Waals surface area (Å²) in [5.41, 5.74) is 6.42. The number of imidazole rings is 2. The zero-order chi connectivity index (χ0) is 21.5. The molecule has 5 nitrogen and oxygen atoms in total. The molecule has 154 valence electrons. The molecule has 0 radical (unpaired) electrons. The van der Waals surface area contributed by atoms with Crippen molar-refractivity contribution in [3.05, 3.63) is 97.6 Å². The van der Waals surface area contributed by atoms with Crippen LogP contribution in [0.4, 0.5) is 0 Å². The molecule has 0 spiro atoms. The molecular formula is C27H20N4O. The summed E-state index contributed by atoms with van der Waals surface area (Å²) in [5, 5.41) is 2.26. The first-order valence-corrected chi connectivity index (χ1v) is 10.4. The highest BCUT2D eigenvalue weighted by Crippen LogP contribution is 2.34. The van der Waals surface area contributed by atoms with Crippen LogP contribution in [0.5, 0.6) is 5.75 Å². The summed E-state index contributed by atoms with van der Waals surface area (Å²) in [6.07, 6.45) is 5.45. The van der Waals surface area contributed by atoms with E-state index in [9.17, 15) is 0 Å². The van der Waals surface area contributed by atoms with Gasteiger partial charge in [-0.2, -0.15) is 0 Å².